The third-order valence-corrected chi connectivity index (χ3v) is 10.2. The first-order valence-corrected chi connectivity index (χ1v) is 13.3. The van der Waals surface area contributed by atoms with Crippen molar-refractivity contribution >= 4 is 5.78 Å². The van der Waals surface area contributed by atoms with Crippen molar-refractivity contribution in [2.75, 3.05) is 20.3 Å². The van der Waals surface area contributed by atoms with Crippen LogP contribution in [0.4, 0.5) is 8.78 Å². The quantitative estimate of drug-likeness (QED) is 0.554. The highest BCUT2D eigenvalue weighted by Crippen LogP contribution is 2.69. The average Bonchev–Trinajstić information content (AvgIpc) is 3.38. The van der Waals surface area contributed by atoms with Gasteiger partial charge in [0, 0.05) is 37.1 Å². The van der Waals surface area contributed by atoms with Crippen LogP contribution in [0.15, 0.2) is 12.3 Å². The van der Waals surface area contributed by atoms with Gasteiger partial charge in [0.1, 0.15) is 6.61 Å². The minimum absolute atomic E-state index is 0.00435. The van der Waals surface area contributed by atoms with Gasteiger partial charge in [-0.3, -0.25) is 9.48 Å². The Labute approximate surface area is 206 Å². The molecule has 4 fully saturated rings. The fraction of sp³-hybridized carbons (Fsp3) is 0.852. The maximum atomic E-state index is 16.1. The van der Waals surface area contributed by atoms with Crippen LogP contribution in [0.25, 0.3) is 0 Å². The first-order valence-electron chi connectivity index (χ1n) is 13.3. The molecule has 0 bridgehead atoms. The van der Waals surface area contributed by atoms with Gasteiger partial charge in [0.05, 0.1) is 18.8 Å². The van der Waals surface area contributed by atoms with Gasteiger partial charge >= 0.3 is 0 Å². The largest absolute Gasteiger partial charge is 0.474 e. The Balaban J connectivity index is 1.31. The maximum absolute atomic E-state index is 16.1. The molecule has 0 saturated heterocycles. The van der Waals surface area contributed by atoms with Crippen molar-refractivity contribution < 1.29 is 28.2 Å². The normalized spacial score (nSPS) is 42.1. The lowest BCUT2D eigenvalue weighted by Gasteiger charge is -2.59. The molecular weight excluding hydrogens is 454 g/mol. The van der Waals surface area contributed by atoms with E-state index in [0.29, 0.717) is 44.3 Å². The number of carbonyl (C=O) groups is 1. The van der Waals surface area contributed by atoms with Crippen molar-refractivity contribution in [1.29, 1.82) is 0 Å². The molecule has 8 heteroatoms. The molecule has 0 aliphatic heterocycles. The van der Waals surface area contributed by atoms with Crippen LogP contribution < -0.4 is 4.74 Å². The van der Waals surface area contributed by atoms with Crippen LogP contribution in [0.5, 0.6) is 5.88 Å². The Kier molecular flexibility index (Phi) is 6.52. The molecule has 5 rings (SSSR count). The fourth-order valence-corrected chi connectivity index (χ4v) is 8.56. The van der Waals surface area contributed by atoms with Gasteiger partial charge in [-0.15, -0.1) is 5.10 Å². The predicted octanol–water partition coefficient (Wildman–Crippen LogP) is 4.74. The maximum Gasteiger partial charge on any atom is 0.254 e. The van der Waals surface area contributed by atoms with E-state index in [1.165, 1.54) is 4.68 Å². The van der Waals surface area contributed by atoms with Crippen molar-refractivity contribution in [2.24, 2.45) is 40.9 Å². The van der Waals surface area contributed by atoms with Crippen molar-refractivity contribution in [3.05, 3.63) is 12.3 Å². The number of hydrogen-bond acceptors (Lipinski definition) is 5. The SMILES string of the molecule is COCCOc1ccn(CC(=O)[C@H]2CCC3[C@@H]4CC[C@@H]5C[C@](C)(O)CC[C@@H]5C4CC(F)(F)[C@@]32C)n1. The lowest BCUT2D eigenvalue weighted by Crippen LogP contribution is -2.59. The fourth-order valence-electron chi connectivity index (χ4n) is 8.56. The molecule has 196 valence electrons. The Morgan fingerprint density at radius 1 is 1.11 bits per heavy atom. The standard InChI is InChI=1S/C27H40F2N2O4/c1-25(33)10-8-18-17(14-25)4-5-19-20(18)15-27(28,29)26(2)21(19)6-7-22(26)23(32)16-31-11-9-24(30-31)35-13-12-34-3/h9,11,17-22,33H,4-8,10,12-16H2,1-3H3/t17-,18+,19-,20?,21?,22-,25-,26+/m1/s1. The smallest absolute Gasteiger partial charge is 0.254 e. The summed E-state index contributed by atoms with van der Waals surface area (Å²) in [5.41, 5.74) is -1.96. The van der Waals surface area contributed by atoms with Crippen LogP contribution in [-0.4, -0.2) is 52.5 Å². The molecular formula is C27H40F2N2O4. The first-order chi connectivity index (χ1) is 16.6. The highest BCUT2D eigenvalue weighted by atomic mass is 19.3. The third kappa shape index (κ3) is 4.32. The average molecular weight is 495 g/mol. The minimum Gasteiger partial charge on any atom is -0.474 e. The van der Waals surface area contributed by atoms with Crippen LogP contribution in [0, 0.1) is 40.9 Å². The molecule has 0 radical (unpaired) electrons. The van der Waals surface area contributed by atoms with Gasteiger partial charge < -0.3 is 14.6 Å². The summed E-state index contributed by atoms with van der Waals surface area (Å²) in [6.45, 7) is 4.38. The number of carbonyl (C=O) groups excluding carboxylic acids is 1. The molecule has 6 nitrogen and oxygen atoms in total. The van der Waals surface area contributed by atoms with E-state index in [1.807, 2.05) is 6.92 Å². The molecule has 0 aromatic carbocycles. The van der Waals surface area contributed by atoms with Crippen molar-refractivity contribution in [3.8, 4) is 5.88 Å². The van der Waals surface area contributed by atoms with E-state index in [-0.39, 0.29) is 42.4 Å². The highest BCUT2D eigenvalue weighted by molar-refractivity contribution is 5.82. The highest BCUT2D eigenvalue weighted by Gasteiger charge is 2.70. The van der Waals surface area contributed by atoms with E-state index < -0.39 is 22.9 Å². The Morgan fingerprint density at radius 3 is 2.69 bits per heavy atom. The number of ketones is 1. The van der Waals surface area contributed by atoms with Crippen LogP contribution >= 0.6 is 0 Å². The molecule has 4 aliphatic carbocycles. The number of methoxy groups -OCH3 is 1. The summed E-state index contributed by atoms with van der Waals surface area (Å²) in [6, 6.07) is 1.68. The van der Waals surface area contributed by atoms with E-state index in [9.17, 15) is 9.90 Å². The number of fused-ring (bicyclic) bond motifs is 5. The Bertz CT molecular complexity index is 934. The summed E-state index contributed by atoms with van der Waals surface area (Å²) >= 11 is 0. The summed E-state index contributed by atoms with van der Waals surface area (Å²) in [5, 5.41) is 14.9. The van der Waals surface area contributed by atoms with E-state index in [1.54, 1.807) is 26.3 Å². The number of hydrogen-bond donors (Lipinski definition) is 1. The van der Waals surface area contributed by atoms with Crippen molar-refractivity contribution in [2.45, 2.75) is 83.3 Å². The molecule has 0 amide bonds. The zero-order chi connectivity index (χ0) is 25.0. The van der Waals surface area contributed by atoms with Gasteiger partial charge in [0.15, 0.2) is 5.78 Å². The minimum atomic E-state index is -2.88. The molecule has 35 heavy (non-hydrogen) atoms. The number of halogens is 2. The van der Waals surface area contributed by atoms with Gasteiger partial charge in [0.25, 0.3) is 5.92 Å². The van der Waals surface area contributed by atoms with E-state index in [4.69, 9.17) is 9.47 Å². The van der Waals surface area contributed by atoms with Crippen LogP contribution in [0.3, 0.4) is 0 Å². The van der Waals surface area contributed by atoms with Crippen LogP contribution in [-0.2, 0) is 16.1 Å². The molecule has 2 unspecified atom stereocenters. The Morgan fingerprint density at radius 2 is 1.91 bits per heavy atom. The summed E-state index contributed by atoms with van der Waals surface area (Å²) in [5.74, 6) is -2.53. The summed E-state index contributed by atoms with van der Waals surface area (Å²) in [4.78, 5) is 13.4. The molecule has 1 aromatic rings. The second kappa shape index (κ2) is 9.09. The van der Waals surface area contributed by atoms with Gasteiger partial charge in [0.2, 0.25) is 5.88 Å². The molecule has 4 saturated carbocycles. The zero-order valence-electron chi connectivity index (χ0n) is 21.2. The second-order valence-electron chi connectivity index (χ2n) is 12.2. The van der Waals surface area contributed by atoms with E-state index in [2.05, 4.69) is 5.10 Å². The number of alkyl halides is 2. The summed E-state index contributed by atoms with van der Waals surface area (Å²) in [7, 11) is 1.59. The number of rotatable bonds is 7. The predicted molar refractivity (Wildman–Crippen MR) is 126 cm³/mol. The van der Waals surface area contributed by atoms with Gasteiger partial charge in [-0.2, -0.15) is 0 Å². The molecule has 4 aliphatic rings. The summed E-state index contributed by atoms with van der Waals surface area (Å²) in [6.07, 6.45) is 7.01. The number of aliphatic hydroxyl groups is 1. The molecule has 8 atom stereocenters. The second-order valence-corrected chi connectivity index (χ2v) is 12.2. The topological polar surface area (TPSA) is 73.6 Å². The lowest BCUT2D eigenvalue weighted by molar-refractivity contribution is -0.228. The molecule has 1 heterocycles. The van der Waals surface area contributed by atoms with Gasteiger partial charge in [-0.25, -0.2) is 8.78 Å². The molecule has 0 spiro atoms. The van der Waals surface area contributed by atoms with Gasteiger partial charge in [-0.05, 0) is 81.5 Å². The summed E-state index contributed by atoms with van der Waals surface area (Å²) < 4.78 is 44.1. The van der Waals surface area contributed by atoms with Crippen LogP contribution in [0.1, 0.15) is 65.2 Å². The van der Waals surface area contributed by atoms with Gasteiger partial charge in [-0.1, -0.05) is 6.92 Å². The number of Topliss-reactive ketones (excluding diaryl/α,β-unsaturated/α-hetero) is 1. The molecule has 1 N–H and O–H groups in total. The van der Waals surface area contributed by atoms with Crippen LogP contribution in [0.2, 0.25) is 0 Å². The van der Waals surface area contributed by atoms with E-state index in [0.717, 1.165) is 25.7 Å². The molecule has 1 aromatic heterocycles. The number of ether oxygens (including phenoxy) is 2. The monoisotopic (exact) mass is 494 g/mol. The zero-order valence-corrected chi connectivity index (χ0v) is 21.2. The van der Waals surface area contributed by atoms with Crippen molar-refractivity contribution in [3.63, 3.8) is 0 Å². The first kappa shape index (κ1) is 25.1. The number of aromatic nitrogens is 2. The van der Waals surface area contributed by atoms with Crippen molar-refractivity contribution in [1.82, 2.24) is 9.78 Å². The lowest BCUT2D eigenvalue weighted by atomic mass is 9.47. The number of nitrogens with zero attached hydrogens (tertiary/aromatic N) is 2. The Hall–Kier alpha value is -1.54. The third-order valence-electron chi connectivity index (χ3n) is 10.2. The van der Waals surface area contributed by atoms with E-state index >= 15 is 8.78 Å².